The van der Waals surface area contributed by atoms with Crippen molar-refractivity contribution >= 4 is 36.4 Å². The SMILES string of the molecule is O=P(O)(O)OCCC1C=Cc2c(c3c(c4ccccc24)-c2ccccc2N=3)=C1. The van der Waals surface area contributed by atoms with Crippen molar-refractivity contribution in [3.63, 3.8) is 0 Å². The van der Waals surface area contributed by atoms with Crippen molar-refractivity contribution in [3.05, 3.63) is 70.7 Å². The lowest BCUT2D eigenvalue weighted by Gasteiger charge is -2.16. The minimum atomic E-state index is -4.44. The van der Waals surface area contributed by atoms with Gasteiger partial charge in [-0.2, -0.15) is 0 Å². The fourth-order valence-electron chi connectivity index (χ4n) is 4.09. The fraction of sp³-hybridized carbons (Fsp3) is 0.136. The molecule has 0 spiro atoms. The third-order valence-electron chi connectivity index (χ3n) is 5.28. The molecule has 0 saturated heterocycles. The first-order valence-electron chi connectivity index (χ1n) is 9.14. The Hall–Kier alpha value is -2.56. The molecule has 0 aromatic heterocycles. The number of allylic oxidation sites excluding steroid dienone is 1. The van der Waals surface area contributed by atoms with E-state index in [4.69, 9.17) is 14.8 Å². The van der Waals surface area contributed by atoms with Crippen molar-refractivity contribution in [1.29, 1.82) is 0 Å². The minimum Gasteiger partial charge on any atom is -0.303 e. The van der Waals surface area contributed by atoms with Crippen molar-refractivity contribution in [1.82, 2.24) is 0 Å². The van der Waals surface area contributed by atoms with Crippen LogP contribution in [0.3, 0.4) is 0 Å². The number of phosphoric acid groups is 1. The Morgan fingerprint density at radius 3 is 2.61 bits per heavy atom. The van der Waals surface area contributed by atoms with Gasteiger partial charge in [0.2, 0.25) is 0 Å². The van der Waals surface area contributed by atoms with Crippen molar-refractivity contribution in [2.75, 3.05) is 6.61 Å². The van der Waals surface area contributed by atoms with Crippen molar-refractivity contribution in [3.8, 4) is 11.1 Å². The lowest BCUT2D eigenvalue weighted by Crippen LogP contribution is -2.31. The number of rotatable bonds is 4. The van der Waals surface area contributed by atoms with Crippen LogP contribution in [0, 0.1) is 5.92 Å². The number of benzene rings is 3. The highest BCUT2D eigenvalue weighted by molar-refractivity contribution is 7.46. The molecule has 2 aliphatic rings. The quantitative estimate of drug-likeness (QED) is 0.520. The molecule has 5 rings (SSSR count). The van der Waals surface area contributed by atoms with Gasteiger partial charge >= 0.3 is 7.82 Å². The number of para-hydroxylation sites is 1. The molecule has 0 fully saturated rings. The average molecular weight is 391 g/mol. The average Bonchev–Trinajstić information content (AvgIpc) is 3.07. The molecule has 1 aliphatic heterocycles. The first kappa shape index (κ1) is 17.5. The van der Waals surface area contributed by atoms with Crippen molar-refractivity contribution < 1.29 is 18.9 Å². The van der Waals surface area contributed by atoms with E-state index in [2.05, 4.69) is 47.0 Å². The molecule has 0 bridgehead atoms. The van der Waals surface area contributed by atoms with Crippen LogP contribution in [0.2, 0.25) is 0 Å². The van der Waals surface area contributed by atoms with Crippen LogP contribution in [0.4, 0.5) is 5.69 Å². The zero-order valence-electron chi connectivity index (χ0n) is 14.9. The molecule has 140 valence electrons. The van der Waals surface area contributed by atoms with Crippen LogP contribution in [0.5, 0.6) is 0 Å². The van der Waals surface area contributed by atoms with Gasteiger partial charge in [0.1, 0.15) is 0 Å². The molecule has 2 N–H and O–H groups in total. The summed E-state index contributed by atoms with van der Waals surface area (Å²) in [6, 6.07) is 16.5. The first-order valence-corrected chi connectivity index (χ1v) is 10.7. The number of hydrogen-bond acceptors (Lipinski definition) is 3. The fourth-order valence-corrected chi connectivity index (χ4v) is 4.43. The molecular weight excluding hydrogens is 373 g/mol. The largest absolute Gasteiger partial charge is 0.469 e. The second-order valence-electron chi connectivity index (χ2n) is 7.03. The van der Waals surface area contributed by atoms with E-state index in [1.807, 2.05) is 24.3 Å². The van der Waals surface area contributed by atoms with E-state index in [1.165, 1.54) is 10.8 Å². The maximum atomic E-state index is 10.9. The molecule has 3 aromatic rings. The molecule has 5 nitrogen and oxygen atoms in total. The Kier molecular flexibility index (Phi) is 4.07. The summed E-state index contributed by atoms with van der Waals surface area (Å²) in [6.07, 6.45) is 6.79. The van der Waals surface area contributed by atoms with Crippen LogP contribution in [0.1, 0.15) is 12.0 Å². The van der Waals surface area contributed by atoms with Crippen LogP contribution < -0.4 is 10.6 Å². The Balaban J connectivity index is 1.69. The van der Waals surface area contributed by atoms with Crippen molar-refractivity contribution in [2.45, 2.75) is 6.42 Å². The second-order valence-corrected chi connectivity index (χ2v) is 8.27. The van der Waals surface area contributed by atoms with Crippen LogP contribution >= 0.6 is 7.82 Å². The summed E-state index contributed by atoms with van der Waals surface area (Å²) in [4.78, 5) is 22.7. The summed E-state index contributed by atoms with van der Waals surface area (Å²) in [5.41, 5.74) is 4.40. The standard InChI is InChI=1S/C22H18NO4P/c24-28(25,26)27-12-11-14-9-10-16-15-5-1-2-6-17(15)21-18-7-3-4-8-20(18)23-22(21)19(16)13-14/h1-10,13-14H,11-12H2,(H2,24,25,26). The number of fused-ring (bicyclic) bond motifs is 8. The summed E-state index contributed by atoms with van der Waals surface area (Å²) >= 11 is 0. The molecule has 0 amide bonds. The summed E-state index contributed by atoms with van der Waals surface area (Å²) < 4.78 is 15.5. The molecule has 6 heteroatoms. The monoisotopic (exact) mass is 391 g/mol. The Labute approximate surface area is 161 Å². The number of phosphoric ester groups is 1. The molecule has 0 radical (unpaired) electrons. The van der Waals surface area contributed by atoms with Crippen LogP contribution in [0.15, 0.2) is 59.6 Å². The number of hydrogen-bond donors (Lipinski definition) is 2. The molecule has 28 heavy (non-hydrogen) atoms. The van der Waals surface area contributed by atoms with Gasteiger partial charge < -0.3 is 9.79 Å². The predicted octanol–water partition coefficient (Wildman–Crippen LogP) is 3.69. The molecule has 1 unspecified atom stereocenters. The topological polar surface area (TPSA) is 79.1 Å². The van der Waals surface area contributed by atoms with Gasteiger partial charge in [0.15, 0.2) is 0 Å². The Morgan fingerprint density at radius 2 is 1.79 bits per heavy atom. The van der Waals surface area contributed by atoms with E-state index in [9.17, 15) is 4.57 Å². The van der Waals surface area contributed by atoms with Gasteiger partial charge in [-0.25, -0.2) is 9.56 Å². The highest BCUT2D eigenvalue weighted by Crippen LogP contribution is 2.38. The van der Waals surface area contributed by atoms with Gasteiger partial charge in [-0.15, -0.1) is 0 Å². The van der Waals surface area contributed by atoms with Crippen LogP contribution in [0.25, 0.3) is 34.1 Å². The van der Waals surface area contributed by atoms with Gasteiger partial charge in [-0.3, -0.25) is 4.52 Å². The highest BCUT2D eigenvalue weighted by Gasteiger charge is 2.22. The third kappa shape index (κ3) is 2.93. The number of nitrogens with zero attached hydrogens (tertiary/aromatic N) is 1. The van der Waals surface area contributed by atoms with Gasteiger partial charge in [-0.05, 0) is 34.7 Å². The predicted molar refractivity (Wildman–Crippen MR) is 109 cm³/mol. The zero-order chi connectivity index (χ0) is 19.3. The smallest absolute Gasteiger partial charge is 0.303 e. The molecule has 1 atom stereocenters. The van der Waals surface area contributed by atoms with Gasteiger partial charge in [0, 0.05) is 16.3 Å². The molecule has 1 heterocycles. The molecule has 3 aromatic carbocycles. The minimum absolute atomic E-state index is 0.00173. The zero-order valence-corrected chi connectivity index (χ0v) is 15.8. The van der Waals surface area contributed by atoms with Gasteiger partial charge in [-0.1, -0.05) is 60.7 Å². The maximum Gasteiger partial charge on any atom is 0.469 e. The van der Waals surface area contributed by atoms with E-state index in [0.29, 0.717) is 6.42 Å². The van der Waals surface area contributed by atoms with Gasteiger partial charge in [0.25, 0.3) is 0 Å². The lowest BCUT2D eigenvalue weighted by molar-refractivity contribution is 0.192. The Bertz CT molecular complexity index is 1310. The van der Waals surface area contributed by atoms with Crippen LogP contribution in [-0.4, -0.2) is 16.4 Å². The van der Waals surface area contributed by atoms with Crippen LogP contribution in [-0.2, 0) is 9.09 Å². The third-order valence-corrected chi connectivity index (χ3v) is 5.79. The molecular formula is C22H18NO4P. The van der Waals surface area contributed by atoms with E-state index >= 15 is 0 Å². The highest BCUT2D eigenvalue weighted by atomic mass is 31.2. The van der Waals surface area contributed by atoms with E-state index in [1.54, 1.807) is 0 Å². The molecule has 0 saturated carbocycles. The van der Waals surface area contributed by atoms with E-state index in [0.717, 1.165) is 33.0 Å². The van der Waals surface area contributed by atoms with Crippen molar-refractivity contribution in [2.24, 2.45) is 10.9 Å². The molecule has 1 aliphatic carbocycles. The lowest BCUT2D eigenvalue weighted by atomic mass is 9.88. The van der Waals surface area contributed by atoms with E-state index < -0.39 is 7.82 Å². The summed E-state index contributed by atoms with van der Waals surface area (Å²) in [7, 11) is -4.44. The first-order chi connectivity index (χ1) is 13.5. The second kappa shape index (κ2) is 6.50. The maximum absolute atomic E-state index is 10.9. The van der Waals surface area contributed by atoms with E-state index in [-0.39, 0.29) is 12.5 Å². The normalized spacial score (nSPS) is 16.9. The van der Waals surface area contributed by atoms with Gasteiger partial charge in [0.05, 0.1) is 17.7 Å². The summed E-state index contributed by atoms with van der Waals surface area (Å²) in [5, 5.41) is 4.42. The summed E-state index contributed by atoms with van der Waals surface area (Å²) in [5.74, 6) is 0.0308. The summed E-state index contributed by atoms with van der Waals surface area (Å²) in [6.45, 7) is -0.00173. The Morgan fingerprint density at radius 1 is 1.04 bits per heavy atom.